The van der Waals surface area contributed by atoms with Crippen molar-refractivity contribution in [3.8, 4) is 0 Å². The van der Waals surface area contributed by atoms with Gasteiger partial charge < -0.3 is 10.6 Å². The summed E-state index contributed by atoms with van der Waals surface area (Å²) in [6.45, 7) is 5.62. The highest BCUT2D eigenvalue weighted by molar-refractivity contribution is 5.89. The van der Waals surface area contributed by atoms with Gasteiger partial charge in [0, 0.05) is 25.2 Å². The molecule has 1 saturated heterocycles. The van der Waals surface area contributed by atoms with Crippen LogP contribution in [-0.2, 0) is 22.4 Å². The summed E-state index contributed by atoms with van der Waals surface area (Å²) in [6.07, 6.45) is 4.01. The second-order valence-corrected chi connectivity index (χ2v) is 7.16. The van der Waals surface area contributed by atoms with E-state index in [1.54, 1.807) is 0 Å². The van der Waals surface area contributed by atoms with Gasteiger partial charge in [-0.05, 0) is 36.8 Å². The first-order valence-corrected chi connectivity index (χ1v) is 9.52. The first kappa shape index (κ1) is 17.9. The van der Waals surface area contributed by atoms with Crippen LogP contribution in [0.3, 0.4) is 0 Å². The number of nitrogens with zero attached hydrogens (tertiary/aromatic N) is 1. The van der Waals surface area contributed by atoms with E-state index < -0.39 is 0 Å². The predicted octanol–water partition coefficient (Wildman–Crippen LogP) is 1.65. The molecule has 2 amide bonds. The van der Waals surface area contributed by atoms with E-state index in [-0.39, 0.29) is 30.3 Å². The Morgan fingerprint density at radius 1 is 1.24 bits per heavy atom. The molecular weight excluding hydrogens is 314 g/mol. The number of carbonyl (C=O) groups excluding carboxylic acids is 2. The molecule has 0 aromatic heterocycles. The first-order valence-electron chi connectivity index (χ1n) is 9.52. The Labute approximate surface area is 150 Å². The third-order valence-electron chi connectivity index (χ3n) is 5.60. The van der Waals surface area contributed by atoms with Gasteiger partial charge in [0.1, 0.15) is 0 Å². The second-order valence-electron chi connectivity index (χ2n) is 7.16. The van der Waals surface area contributed by atoms with Gasteiger partial charge in [0.25, 0.3) is 0 Å². The minimum atomic E-state index is -0.359. The monoisotopic (exact) mass is 343 g/mol. The van der Waals surface area contributed by atoms with Crippen molar-refractivity contribution in [1.82, 2.24) is 15.5 Å². The van der Waals surface area contributed by atoms with Crippen LogP contribution in [0.25, 0.3) is 0 Å². The van der Waals surface area contributed by atoms with Crippen LogP contribution in [0, 0.1) is 0 Å². The number of amides is 2. The Kier molecular flexibility index (Phi) is 5.74. The van der Waals surface area contributed by atoms with Crippen LogP contribution in [0.15, 0.2) is 24.3 Å². The largest absolute Gasteiger partial charge is 0.353 e. The van der Waals surface area contributed by atoms with Gasteiger partial charge in [0.2, 0.25) is 11.8 Å². The normalized spacial score (nSPS) is 21.2. The van der Waals surface area contributed by atoms with Crippen molar-refractivity contribution < 1.29 is 9.59 Å². The van der Waals surface area contributed by atoms with Crippen LogP contribution in [0.4, 0.5) is 0 Å². The zero-order valence-electron chi connectivity index (χ0n) is 15.3. The zero-order valence-corrected chi connectivity index (χ0v) is 15.3. The number of carbonyl (C=O) groups is 2. The third kappa shape index (κ3) is 4.03. The molecule has 0 bridgehead atoms. The molecule has 1 aliphatic carbocycles. The van der Waals surface area contributed by atoms with E-state index in [0.29, 0.717) is 12.6 Å². The average molecular weight is 343 g/mol. The zero-order chi connectivity index (χ0) is 17.8. The van der Waals surface area contributed by atoms with Crippen LogP contribution in [0.5, 0.6) is 0 Å². The van der Waals surface area contributed by atoms with E-state index in [4.69, 9.17) is 0 Å². The number of benzene rings is 1. The molecule has 136 valence electrons. The van der Waals surface area contributed by atoms with E-state index in [9.17, 15) is 9.59 Å². The summed E-state index contributed by atoms with van der Waals surface area (Å²) in [5, 5.41) is 6.00. The fourth-order valence-electron chi connectivity index (χ4n) is 4.10. The molecule has 1 atom stereocenters. The topological polar surface area (TPSA) is 61.4 Å². The van der Waals surface area contributed by atoms with Crippen LogP contribution in [0.1, 0.15) is 44.2 Å². The Morgan fingerprint density at radius 3 is 2.48 bits per heavy atom. The molecule has 0 saturated carbocycles. The van der Waals surface area contributed by atoms with Crippen molar-refractivity contribution in [3.63, 3.8) is 0 Å². The van der Waals surface area contributed by atoms with Crippen LogP contribution in [0.2, 0.25) is 0 Å². The fourth-order valence-corrected chi connectivity index (χ4v) is 4.10. The number of hydrogen-bond donors (Lipinski definition) is 2. The highest BCUT2D eigenvalue weighted by Gasteiger charge is 2.38. The maximum Gasteiger partial charge on any atom is 0.237 e. The molecule has 0 spiro atoms. The molecule has 0 radical (unpaired) electrons. The van der Waals surface area contributed by atoms with Gasteiger partial charge in [-0.25, -0.2) is 0 Å². The Bertz CT molecular complexity index is 602. The Balaban J connectivity index is 1.68. The highest BCUT2D eigenvalue weighted by Crippen LogP contribution is 2.28. The first-order chi connectivity index (χ1) is 12.1. The van der Waals surface area contributed by atoms with E-state index in [0.717, 1.165) is 32.2 Å². The number of piperazine rings is 1. The maximum atomic E-state index is 12.5. The van der Waals surface area contributed by atoms with Gasteiger partial charge in [-0.2, -0.15) is 0 Å². The molecule has 0 unspecified atom stereocenters. The SMILES string of the molecule is CCC(CC)NC(=O)C[C@H]1C(=O)NCCN1C1Cc2ccccc2C1. The quantitative estimate of drug-likeness (QED) is 0.826. The van der Waals surface area contributed by atoms with E-state index in [1.807, 2.05) is 0 Å². The van der Waals surface area contributed by atoms with Crippen LogP contribution >= 0.6 is 0 Å². The number of rotatable bonds is 6. The molecule has 1 aromatic carbocycles. The van der Waals surface area contributed by atoms with Gasteiger partial charge in [0.05, 0.1) is 12.5 Å². The van der Waals surface area contributed by atoms with Crippen molar-refractivity contribution in [3.05, 3.63) is 35.4 Å². The van der Waals surface area contributed by atoms with Crippen LogP contribution < -0.4 is 10.6 Å². The highest BCUT2D eigenvalue weighted by atomic mass is 16.2. The van der Waals surface area contributed by atoms with Crippen molar-refractivity contribution in [2.24, 2.45) is 0 Å². The van der Waals surface area contributed by atoms with Crippen molar-refractivity contribution in [2.45, 2.75) is 64.1 Å². The molecule has 5 heteroatoms. The number of fused-ring (bicyclic) bond motifs is 1. The molecule has 1 aromatic rings. The fraction of sp³-hybridized carbons (Fsp3) is 0.600. The lowest BCUT2D eigenvalue weighted by Crippen LogP contribution is -2.60. The predicted molar refractivity (Wildman–Crippen MR) is 98.3 cm³/mol. The summed E-state index contributed by atoms with van der Waals surface area (Å²) in [6, 6.07) is 8.65. The summed E-state index contributed by atoms with van der Waals surface area (Å²) in [7, 11) is 0. The molecule has 3 rings (SSSR count). The average Bonchev–Trinajstić information content (AvgIpc) is 3.05. The lowest BCUT2D eigenvalue weighted by atomic mass is 10.0. The summed E-state index contributed by atoms with van der Waals surface area (Å²) >= 11 is 0. The lowest BCUT2D eigenvalue weighted by molar-refractivity contribution is -0.135. The van der Waals surface area contributed by atoms with Crippen molar-refractivity contribution >= 4 is 11.8 Å². The molecular formula is C20H29N3O2. The summed E-state index contributed by atoms with van der Waals surface area (Å²) in [5.74, 6) is -0.0295. The molecule has 2 N–H and O–H groups in total. The summed E-state index contributed by atoms with van der Waals surface area (Å²) in [5.41, 5.74) is 2.75. The smallest absolute Gasteiger partial charge is 0.237 e. The summed E-state index contributed by atoms with van der Waals surface area (Å²) < 4.78 is 0. The number of hydrogen-bond acceptors (Lipinski definition) is 3. The van der Waals surface area contributed by atoms with Gasteiger partial charge in [0.15, 0.2) is 0 Å². The molecule has 2 aliphatic rings. The standard InChI is InChI=1S/C20H29N3O2/c1-3-16(4-2)22-19(24)13-18-20(25)21-9-10-23(18)17-11-14-7-5-6-8-15(14)12-17/h5-8,16-18H,3-4,9-13H2,1-2H3,(H,21,25)(H,22,24)/t18-/m0/s1. The molecule has 1 fully saturated rings. The molecule has 1 heterocycles. The van der Waals surface area contributed by atoms with Gasteiger partial charge >= 0.3 is 0 Å². The van der Waals surface area contributed by atoms with Crippen LogP contribution in [-0.4, -0.2) is 47.9 Å². The van der Waals surface area contributed by atoms with Crippen molar-refractivity contribution in [2.75, 3.05) is 13.1 Å². The molecule has 1 aliphatic heterocycles. The van der Waals surface area contributed by atoms with Gasteiger partial charge in [-0.3, -0.25) is 14.5 Å². The maximum absolute atomic E-state index is 12.5. The molecule has 25 heavy (non-hydrogen) atoms. The second kappa shape index (κ2) is 8.00. The van der Waals surface area contributed by atoms with E-state index in [1.165, 1.54) is 11.1 Å². The van der Waals surface area contributed by atoms with Crippen molar-refractivity contribution in [1.29, 1.82) is 0 Å². The minimum Gasteiger partial charge on any atom is -0.353 e. The number of nitrogens with one attached hydrogen (secondary N) is 2. The Hall–Kier alpha value is -1.88. The summed E-state index contributed by atoms with van der Waals surface area (Å²) in [4.78, 5) is 27.2. The third-order valence-corrected chi connectivity index (χ3v) is 5.60. The Morgan fingerprint density at radius 2 is 1.88 bits per heavy atom. The van der Waals surface area contributed by atoms with Gasteiger partial charge in [-0.15, -0.1) is 0 Å². The van der Waals surface area contributed by atoms with E-state index >= 15 is 0 Å². The minimum absolute atomic E-state index is 0.0121. The van der Waals surface area contributed by atoms with E-state index in [2.05, 4.69) is 53.6 Å². The molecule has 5 nitrogen and oxygen atoms in total. The lowest BCUT2D eigenvalue weighted by Gasteiger charge is -2.39. The van der Waals surface area contributed by atoms with Gasteiger partial charge in [-0.1, -0.05) is 38.1 Å².